The van der Waals surface area contributed by atoms with Crippen LogP contribution in [0.1, 0.15) is 41.4 Å². The average molecular weight is 289 g/mol. The topological polar surface area (TPSA) is 56.7 Å². The predicted octanol–water partition coefficient (Wildman–Crippen LogP) is 1.80. The number of aromatic carboxylic acids is 1. The molecule has 1 aliphatic heterocycles. The molecule has 0 amide bonds. The van der Waals surface area contributed by atoms with Crippen molar-refractivity contribution >= 4 is 11.8 Å². The number of fused-ring (bicyclic) bond motifs is 1. The van der Waals surface area contributed by atoms with Crippen molar-refractivity contribution in [2.24, 2.45) is 0 Å². The number of anilines is 1. The van der Waals surface area contributed by atoms with E-state index in [1.54, 1.807) is 0 Å². The van der Waals surface area contributed by atoms with Gasteiger partial charge in [-0.3, -0.25) is 0 Å². The minimum absolute atomic E-state index is 0.368. The van der Waals surface area contributed by atoms with Crippen LogP contribution in [0.5, 0.6) is 0 Å². The Morgan fingerprint density at radius 3 is 2.81 bits per heavy atom. The van der Waals surface area contributed by atoms with Gasteiger partial charge in [0.1, 0.15) is 11.4 Å². The summed E-state index contributed by atoms with van der Waals surface area (Å²) in [5, 5.41) is 9.54. The van der Waals surface area contributed by atoms with Crippen molar-refractivity contribution in [3.63, 3.8) is 0 Å². The van der Waals surface area contributed by atoms with E-state index in [4.69, 9.17) is 4.98 Å². The van der Waals surface area contributed by atoms with Gasteiger partial charge in [0.15, 0.2) is 0 Å². The number of rotatable bonds is 2. The summed E-state index contributed by atoms with van der Waals surface area (Å²) in [7, 11) is 2.11. The molecule has 1 saturated heterocycles. The zero-order valence-corrected chi connectivity index (χ0v) is 12.8. The van der Waals surface area contributed by atoms with E-state index in [1.165, 1.54) is 0 Å². The van der Waals surface area contributed by atoms with Gasteiger partial charge >= 0.3 is 5.97 Å². The number of aryl methyl sites for hydroxylation is 2. The van der Waals surface area contributed by atoms with Crippen LogP contribution in [0.25, 0.3) is 0 Å². The van der Waals surface area contributed by atoms with Gasteiger partial charge < -0.3 is 14.9 Å². The molecule has 5 nitrogen and oxygen atoms in total. The zero-order valence-electron chi connectivity index (χ0n) is 12.8. The Balaban J connectivity index is 1.98. The lowest BCUT2D eigenvalue weighted by Gasteiger charge is -2.39. The second kappa shape index (κ2) is 5.64. The van der Waals surface area contributed by atoms with Gasteiger partial charge in [0.25, 0.3) is 0 Å². The van der Waals surface area contributed by atoms with Crippen molar-refractivity contribution < 1.29 is 9.90 Å². The number of pyridine rings is 1. The third kappa shape index (κ3) is 2.75. The molecule has 0 saturated carbocycles. The van der Waals surface area contributed by atoms with Crippen molar-refractivity contribution in [2.75, 3.05) is 31.6 Å². The Bertz CT molecular complexity index is 559. The molecule has 0 aromatic carbocycles. The van der Waals surface area contributed by atoms with Crippen LogP contribution < -0.4 is 4.90 Å². The van der Waals surface area contributed by atoms with Crippen LogP contribution in [0.2, 0.25) is 0 Å². The molecule has 2 heterocycles. The molecule has 0 bridgehead atoms. The summed E-state index contributed by atoms with van der Waals surface area (Å²) in [6.07, 6.45) is 4.23. The fourth-order valence-electron chi connectivity index (χ4n) is 3.26. The molecule has 2 aliphatic rings. The first kappa shape index (κ1) is 14.3. The number of aromatic nitrogens is 1. The summed E-state index contributed by atoms with van der Waals surface area (Å²) in [6.45, 7) is 4.79. The smallest absolute Gasteiger partial charge is 0.339 e. The Kier molecular flexibility index (Phi) is 3.85. The summed E-state index contributed by atoms with van der Waals surface area (Å²) in [5.41, 5.74) is 2.60. The van der Waals surface area contributed by atoms with Crippen molar-refractivity contribution in [2.45, 2.75) is 38.6 Å². The Labute approximate surface area is 125 Å². The maximum Gasteiger partial charge on any atom is 0.339 e. The van der Waals surface area contributed by atoms with Crippen LogP contribution in [0.3, 0.4) is 0 Å². The van der Waals surface area contributed by atoms with E-state index in [2.05, 4.69) is 23.8 Å². The van der Waals surface area contributed by atoms with Gasteiger partial charge in [0.2, 0.25) is 0 Å². The summed E-state index contributed by atoms with van der Waals surface area (Å²) >= 11 is 0. The first-order valence-corrected chi connectivity index (χ1v) is 7.77. The quantitative estimate of drug-likeness (QED) is 0.899. The Morgan fingerprint density at radius 2 is 2.10 bits per heavy atom. The van der Waals surface area contributed by atoms with E-state index in [9.17, 15) is 9.90 Å². The lowest BCUT2D eigenvalue weighted by molar-refractivity contribution is 0.0696. The first-order chi connectivity index (χ1) is 10.1. The third-order valence-corrected chi connectivity index (χ3v) is 4.77. The second-order valence-electron chi connectivity index (χ2n) is 6.25. The normalized spacial score (nSPS) is 23.0. The molecule has 1 N–H and O–H groups in total. The average Bonchev–Trinajstić information content (AvgIpc) is 2.48. The molecule has 5 heteroatoms. The predicted molar refractivity (Wildman–Crippen MR) is 82.1 cm³/mol. The lowest BCUT2D eigenvalue weighted by Crippen LogP contribution is -2.50. The zero-order chi connectivity index (χ0) is 15.0. The summed E-state index contributed by atoms with van der Waals surface area (Å²) < 4.78 is 0. The number of hydrogen-bond acceptors (Lipinski definition) is 4. The van der Waals surface area contributed by atoms with Crippen LogP contribution in [-0.4, -0.2) is 53.7 Å². The van der Waals surface area contributed by atoms with Gasteiger partial charge in [-0.15, -0.1) is 0 Å². The number of carboxylic acids is 1. The van der Waals surface area contributed by atoms with E-state index in [1.807, 2.05) is 6.07 Å². The maximum absolute atomic E-state index is 11.6. The van der Waals surface area contributed by atoms with Crippen LogP contribution in [-0.2, 0) is 12.8 Å². The standard InChI is InChI=1S/C16H23N3O2/c1-11-10-19(8-7-18(11)2)15-13(16(20)21)9-12-5-3-4-6-14(12)17-15/h9,11H,3-8,10H2,1-2H3,(H,20,21). The minimum Gasteiger partial charge on any atom is -0.478 e. The first-order valence-electron chi connectivity index (χ1n) is 7.77. The highest BCUT2D eigenvalue weighted by Gasteiger charge is 2.27. The molecule has 21 heavy (non-hydrogen) atoms. The molecular formula is C16H23N3O2. The van der Waals surface area contributed by atoms with Crippen molar-refractivity contribution in [3.05, 3.63) is 22.9 Å². The van der Waals surface area contributed by atoms with Crippen LogP contribution in [0.15, 0.2) is 6.07 Å². The highest BCUT2D eigenvalue weighted by molar-refractivity contribution is 5.93. The highest BCUT2D eigenvalue weighted by atomic mass is 16.4. The highest BCUT2D eigenvalue weighted by Crippen LogP contribution is 2.28. The molecule has 0 spiro atoms. The molecule has 3 rings (SSSR count). The van der Waals surface area contributed by atoms with Gasteiger partial charge in [-0.2, -0.15) is 0 Å². The number of piperazine rings is 1. The van der Waals surface area contributed by atoms with Crippen LogP contribution >= 0.6 is 0 Å². The van der Waals surface area contributed by atoms with Crippen molar-refractivity contribution in [1.82, 2.24) is 9.88 Å². The fourth-order valence-corrected chi connectivity index (χ4v) is 3.26. The SMILES string of the molecule is CC1CN(c2nc3c(cc2C(=O)O)CCCC3)CCN1C. The van der Waals surface area contributed by atoms with Gasteiger partial charge in [0.05, 0.1) is 0 Å². The summed E-state index contributed by atoms with van der Waals surface area (Å²) in [5.74, 6) is -0.194. The maximum atomic E-state index is 11.6. The van der Waals surface area contributed by atoms with E-state index >= 15 is 0 Å². The molecule has 0 radical (unpaired) electrons. The molecule has 1 unspecified atom stereocenters. The summed E-state index contributed by atoms with van der Waals surface area (Å²) in [4.78, 5) is 20.8. The van der Waals surface area contributed by atoms with E-state index in [-0.39, 0.29) is 0 Å². The monoisotopic (exact) mass is 289 g/mol. The molecule has 1 aromatic heterocycles. The van der Waals surface area contributed by atoms with Gasteiger partial charge in [-0.05, 0) is 51.3 Å². The Morgan fingerprint density at radius 1 is 1.33 bits per heavy atom. The molecule has 1 aliphatic carbocycles. The summed E-state index contributed by atoms with van der Waals surface area (Å²) in [6, 6.07) is 2.28. The van der Waals surface area contributed by atoms with Gasteiger partial charge in [0, 0.05) is 31.4 Å². The van der Waals surface area contributed by atoms with Crippen LogP contribution in [0.4, 0.5) is 5.82 Å². The number of carboxylic acid groups (broad SMARTS) is 1. The van der Waals surface area contributed by atoms with Gasteiger partial charge in [-0.1, -0.05) is 0 Å². The minimum atomic E-state index is -0.863. The van der Waals surface area contributed by atoms with Crippen LogP contribution in [0, 0.1) is 0 Å². The van der Waals surface area contributed by atoms with E-state index < -0.39 is 5.97 Å². The largest absolute Gasteiger partial charge is 0.478 e. The van der Waals surface area contributed by atoms with Gasteiger partial charge in [-0.25, -0.2) is 9.78 Å². The molecule has 114 valence electrons. The fraction of sp³-hybridized carbons (Fsp3) is 0.625. The molecule has 1 fully saturated rings. The van der Waals surface area contributed by atoms with E-state index in [0.29, 0.717) is 17.4 Å². The lowest BCUT2D eigenvalue weighted by atomic mass is 9.94. The molecular weight excluding hydrogens is 266 g/mol. The number of hydrogen-bond donors (Lipinski definition) is 1. The van der Waals surface area contributed by atoms with Crippen molar-refractivity contribution in [3.8, 4) is 0 Å². The molecule has 1 atom stereocenters. The number of nitrogens with zero attached hydrogens (tertiary/aromatic N) is 3. The van der Waals surface area contributed by atoms with Crippen molar-refractivity contribution in [1.29, 1.82) is 0 Å². The number of likely N-dealkylation sites (N-methyl/N-ethyl adjacent to an activating group) is 1. The molecule has 1 aromatic rings. The van der Waals surface area contributed by atoms with E-state index in [0.717, 1.165) is 56.6 Å². The third-order valence-electron chi connectivity index (χ3n) is 4.77. The second-order valence-corrected chi connectivity index (χ2v) is 6.25. The number of carbonyl (C=O) groups is 1. The Hall–Kier alpha value is -1.62.